The van der Waals surface area contributed by atoms with Crippen molar-refractivity contribution in [1.29, 1.82) is 0 Å². The van der Waals surface area contributed by atoms with Crippen LogP contribution in [0.4, 0.5) is 0 Å². The summed E-state index contributed by atoms with van der Waals surface area (Å²) in [5, 5.41) is 6.48. The fourth-order valence-corrected chi connectivity index (χ4v) is 2.27. The predicted molar refractivity (Wildman–Crippen MR) is 66.4 cm³/mol. The van der Waals surface area contributed by atoms with Gasteiger partial charge in [-0.05, 0) is 46.3 Å². The first kappa shape index (κ1) is 13.5. The zero-order valence-electron chi connectivity index (χ0n) is 10.8. The first-order valence-corrected chi connectivity index (χ1v) is 6.28. The van der Waals surface area contributed by atoms with Gasteiger partial charge in [0.2, 0.25) is 5.91 Å². The molecule has 1 aliphatic heterocycles. The molecule has 0 aromatic heterocycles. The number of amides is 1. The second-order valence-corrected chi connectivity index (χ2v) is 4.79. The Bertz CT molecular complexity index is 220. The maximum absolute atomic E-state index is 12.1. The van der Waals surface area contributed by atoms with E-state index in [1.54, 1.807) is 0 Å². The summed E-state index contributed by atoms with van der Waals surface area (Å²) in [6, 6.07) is 0.480. The lowest BCUT2D eigenvalue weighted by atomic mass is 9.92. The molecule has 1 aliphatic rings. The fourth-order valence-electron chi connectivity index (χ4n) is 2.27. The molecule has 1 heterocycles. The summed E-state index contributed by atoms with van der Waals surface area (Å²) in [6.45, 7) is 4.96. The largest absolute Gasteiger partial charge is 0.345 e. The molecule has 0 aromatic carbocycles. The van der Waals surface area contributed by atoms with Crippen LogP contribution in [0.1, 0.15) is 26.2 Å². The van der Waals surface area contributed by atoms with E-state index in [1.165, 1.54) is 0 Å². The normalized spacial score (nSPS) is 25.4. The monoisotopic (exact) mass is 227 g/mol. The molecule has 4 nitrogen and oxygen atoms in total. The third kappa shape index (κ3) is 4.10. The van der Waals surface area contributed by atoms with Crippen molar-refractivity contribution in [3.8, 4) is 0 Å². The Morgan fingerprint density at radius 1 is 1.56 bits per heavy atom. The van der Waals surface area contributed by atoms with Crippen LogP contribution in [0.25, 0.3) is 0 Å². The Balaban J connectivity index is 2.31. The molecule has 1 saturated heterocycles. The number of nitrogens with zero attached hydrogens (tertiary/aromatic N) is 1. The van der Waals surface area contributed by atoms with Crippen molar-refractivity contribution in [3.63, 3.8) is 0 Å². The molecule has 2 N–H and O–H groups in total. The second-order valence-electron chi connectivity index (χ2n) is 4.79. The Morgan fingerprint density at radius 2 is 2.31 bits per heavy atom. The van der Waals surface area contributed by atoms with Gasteiger partial charge in [-0.1, -0.05) is 0 Å². The Kier molecular flexibility index (Phi) is 5.77. The lowest BCUT2D eigenvalue weighted by Crippen LogP contribution is -2.43. The highest BCUT2D eigenvalue weighted by molar-refractivity contribution is 5.78. The molecule has 2 atom stereocenters. The Labute approximate surface area is 98.8 Å². The standard InChI is InChI=1S/C12H25N3O/c1-10-9-11(5-7-14-10)12(16)15(3)8-4-6-13-2/h10-11,13-14H,4-9H2,1-3H3. The first-order valence-electron chi connectivity index (χ1n) is 6.28. The summed E-state index contributed by atoms with van der Waals surface area (Å²) in [4.78, 5) is 14.0. The van der Waals surface area contributed by atoms with Crippen molar-refractivity contribution < 1.29 is 4.79 Å². The van der Waals surface area contributed by atoms with Gasteiger partial charge in [0.25, 0.3) is 0 Å². The quantitative estimate of drug-likeness (QED) is 0.670. The van der Waals surface area contributed by atoms with Crippen molar-refractivity contribution in [2.45, 2.75) is 32.2 Å². The maximum Gasteiger partial charge on any atom is 0.225 e. The minimum atomic E-state index is 0.232. The molecule has 1 amide bonds. The lowest BCUT2D eigenvalue weighted by molar-refractivity contribution is -0.135. The van der Waals surface area contributed by atoms with E-state index in [4.69, 9.17) is 0 Å². The lowest BCUT2D eigenvalue weighted by Gasteiger charge is -2.30. The van der Waals surface area contributed by atoms with Crippen LogP contribution in [0.15, 0.2) is 0 Å². The second kappa shape index (κ2) is 6.86. The third-order valence-electron chi connectivity index (χ3n) is 3.27. The average Bonchev–Trinajstić information content (AvgIpc) is 2.28. The van der Waals surface area contributed by atoms with Gasteiger partial charge in [0.05, 0.1) is 0 Å². The van der Waals surface area contributed by atoms with E-state index in [2.05, 4.69) is 17.6 Å². The van der Waals surface area contributed by atoms with Gasteiger partial charge in [-0.2, -0.15) is 0 Å². The summed E-state index contributed by atoms with van der Waals surface area (Å²) in [7, 11) is 3.86. The molecule has 0 spiro atoms. The number of carbonyl (C=O) groups excluding carboxylic acids is 1. The number of hydrogen-bond donors (Lipinski definition) is 2. The van der Waals surface area contributed by atoms with Crippen molar-refractivity contribution >= 4 is 5.91 Å². The van der Waals surface area contributed by atoms with Crippen molar-refractivity contribution in [2.24, 2.45) is 5.92 Å². The van der Waals surface area contributed by atoms with Gasteiger partial charge in [0, 0.05) is 25.6 Å². The summed E-state index contributed by atoms with van der Waals surface area (Å²) < 4.78 is 0. The minimum Gasteiger partial charge on any atom is -0.345 e. The first-order chi connectivity index (χ1) is 7.65. The number of carbonyl (C=O) groups is 1. The Morgan fingerprint density at radius 3 is 2.94 bits per heavy atom. The number of piperidine rings is 1. The van der Waals surface area contributed by atoms with E-state index in [9.17, 15) is 4.79 Å². The number of rotatable bonds is 5. The SMILES string of the molecule is CNCCCN(C)C(=O)C1CCNC(C)C1. The highest BCUT2D eigenvalue weighted by atomic mass is 16.2. The van der Waals surface area contributed by atoms with Crippen LogP contribution in [0, 0.1) is 5.92 Å². The van der Waals surface area contributed by atoms with Gasteiger partial charge in [-0.15, -0.1) is 0 Å². The van der Waals surface area contributed by atoms with E-state index in [1.807, 2.05) is 19.0 Å². The minimum absolute atomic E-state index is 0.232. The van der Waals surface area contributed by atoms with Gasteiger partial charge in [-0.25, -0.2) is 0 Å². The van der Waals surface area contributed by atoms with E-state index in [-0.39, 0.29) is 5.92 Å². The smallest absolute Gasteiger partial charge is 0.225 e. The van der Waals surface area contributed by atoms with Crippen LogP contribution in [0.5, 0.6) is 0 Å². The molecular formula is C12H25N3O. The van der Waals surface area contributed by atoms with Crippen LogP contribution in [0.2, 0.25) is 0 Å². The van der Waals surface area contributed by atoms with E-state index in [0.29, 0.717) is 11.9 Å². The van der Waals surface area contributed by atoms with Crippen LogP contribution in [-0.2, 0) is 4.79 Å². The maximum atomic E-state index is 12.1. The molecule has 4 heteroatoms. The molecule has 16 heavy (non-hydrogen) atoms. The summed E-state index contributed by atoms with van der Waals surface area (Å²) in [5.41, 5.74) is 0. The van der Waals surface area contributed by atoms with E-state index >= 15 is 0 Å². The zero-order chi connectivity index (χ0) is 12.0. The average molecular weight is 227 g/mol. The van der Waals surface area contributed by atoms with Gasteiger partial charge < -0.3 is 15.5 Å². The molecule has 0 saturated carbocycles. The summed E-state index contributed by atoms with van der Waals surface area (Å²) in [6.07, 6.45) is 2.99. The van der Waals surface area contributed by atoms with Gasteiger partial charge in [-0.3, -0.25) is 4.79 Å². The van der Waals surface area contributed by atoms with Crippen LogP contribution >= 0.6 is 0 Å². The topological polar surface area (TPSA) is 44.4 Å². The highest BCUT2D eigenvalue weighted by Gasteiger charge is 2.26. The molecule has 0 aliphatic carbocycles. The molecule has 0 bridgehead atoms. The van der Waals surface area contributed by atoms with E-state index in [0.717, 1.165) is 38.9 Å². The van der Waals surface area contributed by atoms with Crippen molar-refractivity contribution in [3.05, 3.63) is 0 Å². The van der Waals surface area contributed by atoms with Gasteiger partial charge in [0.1, 0.15) is 0 Å². The van der Waals surface area contributed by atoms with Gasteiger partial charge in [0.15, 0.2) is 0 Å². The summed E-state index contributed by atoms with van der Waals surface area (Å²) in [5.74, 6) is 0.556. The van der Waals surface area contributed by atoms with E-state index < -0.39 is 0 Å². The third-order valence-corrected chi connectivity index (χ3v) is 3.27. The highest BCUT2D eigenvalue weighted by Crippen LogP contribution is 2.18. The molecular weight excluding hydrogens is 202 g/mol. The van der Waals surface area contributed by atoms with Crippen LogP contribution in [0.3, 0.4) is 0 Å². The molecule has 0 aromatic rings. The molecule has 1 rings (SSSR count). The molecule has 0 radical (unpaired) electrons. The van der Waals surface area contributed by atoms with Gasteiger partial charge >= 0.3 is 0 Å². The molecule has 94 valence electrons. The van der Waals surface area contributed by atoms with Crippen LogP contribution in [-0.4, -0.2) is 50.6 Å². The molecule has 1 fully saturated rings. The predicted octanol–water partition coefficient (Wildman–Crippen LogP) is 0.442. The zero-order valence-corrected chi connectivity index (χ0v) is 10.8. The fraction of sp³-hybridized carbons (Fsp3) is 0.917. The van der Waals surface area contributed by atoms with Crippen molar-refractivity contribution in [2.75, 3.05) is 33.7 Å². The Hall–Kier alpha value is -0.610. The number of hydrogen-bond acceptors (Lipinski definition) is 3. The summed E-state index contributed by atoms with van der Waals surface area (Å²) >= 11 is 0. The number of nitrogens with one attached hydrogen (secondary N) is 2. The van der Waals surface area contributed by atoms with Crippen LogP contribution < -0.4 is 10.6 Å². The molecule has 2 unspecified atom stereocenters. The van der Waals surface area contributed by atoms with Crippen molar-refractivity contribution in [1.82, 2.24) is 15.5 Å².